The van der Waals surface area contributed by atoms with E-state index in [1.807, 2.05) is 24.3 Å². The Morgan fingerprint density at radius 3 is 2.54 bits per heavy atom. The van der Waals surface area contributed by atoms with Gasteiger partial charge in [0.1, 0.15) is 0 Å². The molecule has 1 heterocycles. The smallest absolute Gasteiger partial charge is 0.228 e. The summed E-state index contributed by atoms with van der Waals surface area (Å²) in [6.07, 6.45) is 8.68. The van der Waals surface area contributed by atoms with Gasteiger partial charge in [-0.3, -0.25) is 4.79 Å². The van der Waals surface area contributed by atoms with Crippen molar-refractivity contribution in [2.75, 3.05) is 6.54 Å². The number of aromatic nitrogens is 2. The minimum atomic E-state index is 0.254. The fraction of sp³-hybridized carbons (Fsp3) is 0.550. The molecule has 0 saturated heterocycles. The number of halogens is 1. The zero-order valence-electron chi connectivity index (χ0n) is 14.9. The number of carbonyl (C=O) groups is 1. The fourth-order valence-electron chi connectivity index (χ4n) is 3.72. The van der Waals surface area contributed by atoms with E-state index in [0.717, 1.165) is 31.2 Å². The van der Waals surface area contributed by atoms with Gasteiger partial charge in [-0.25, -0.2) is 0 Å². The summed E-state index contributed by atoms with van der Waals surface area (Å²) in [7, 11) is 0. The molecule has 2 aromatic rings. The van der Waals surface area contributed by atoms with Gasteiger partial charge < -0.3 is 9.42 Å². The molecule has 138 valence electrons. The van der Waals surface area contributed by atoms with E-state index in [9.17, 15) is 4.79 Å². The summed E-state index contributed by atoms with van der Waals surface area (Å²) in [6, 6.07) is 7.76. The Bertz CT molecular complexity index is 749. The molecule has 0 bridgehead atoms. The van der Waals surface area contributed by atoms with Crippen LogP contribution in [0, 0.1) is 5.92 Å². The van der Waals surface area contributed by atoms with Gasteiger partial charge in [0.15, 0.2) is 0 Å². The normalized spacial score (nSPS) is 18.0. The zero-order chi connectivity index (χ0) is 17.9. The molecule has 4 rings (SSSR count). The molecule has 0 atom stereocenters. The second-order valence-corrected chi connectivity index (χ2v) is 7.80. The maximum Gasteiger partial charge on any atom is 0.228 e. The van der Waals surface area contributed by atoms with Crippen molar-refractivity contribution in [1.82, 2.24) is 15.0 Å². The van der Waals surface area contributed by atoms with Crippen LogP contribution in [0.15, 0.2) is 28.8 Å². The van der Waals surface area contributed by atoms with Crippen molar-refractivity contribution in [2.24, 2.45) is 5.92 Å². The zero-order valence-corrected chi connectivity index (χ0v) is 15.6. The summed E-state index contributed by atoms with van der Waals surface area (Å²) in [5.41, 5.74) is 0.877. The highest BCUT2D eigenvalue weighted by Gasteiger charge is 2.36. The fourth-order valence-corrected chi connectivity index (χ4v) is 3.84. The molecule has 2 saturated carbocycles. The highest BCUT2D eigenvalue weighted by molar-refractivity contribution is 6.30. The molecule has 0 spiro atoms. The standard InChI is InChI=1S/C20H24ClN3O2/c21-16-10-8-14(9-11-16)19-22-18(26-23-19)12-13-24(20(25)15-6-7-15)17-4-2-1-3-5-17/h8-11,15,17H,1-7,12-13H2. The molecule has 0 unspecified atom stereocenters. The van der Waals surface area contributed by atoms with Crippen LogP contribution in [0.4, 0.5) is 0 Å². The van der Waals surface area contributed by atoms with Gasteiger partial charge in [-0.15, -0.1) is 0 Å². The molecule has 6 heteroatoms. The Morgan fingerprint density at radius 2 is 1.85 bits per heavy atom. The summed E-state index contributed by atoms with van der Waals surface area (Å²) >= 11 is 5.92. The molecule has 2 aliphatic carbocycles. The molecule has 2 fully saturated rings. The van der Waals surface area contributed by atoms with Gasteiger partial charge in [0.2, 0.25) is 17.6 Å². The molecule has 0 radical (unpaired) electrons. The maximum absolute atomic E-state index is 12.7. The number of carbonyl (C=O) groups excluding carboxylic acids is 1. The van der Waals surface area contributed by atoms with Gasteiger partial charge in [0, 0.05) is 35.5 Å². The van der Waals surface area contributed by atoms with Crippen molar-refractivity contribution in [3.05, 3.63) is 35.2 Å². The molecular formula is C20H24ClN3O2. The van der Waals surface area contributed by atoms with E-state index >= 15 is 0 Å². The van der Waals surface area contributed by atoms with Crippen LogP contribution in [0.3, 0.4) is 0 Å². The first kappa shape index (κ1) is 17.5. The van der Waals surface area contributed by atoms with Crippen LogP contribution < -0.4 is 0 Å². The van der Waals surface area contributed by atoms with Crippen LogP contribution in [0.25, 0.3) is 11.4 Å². The lowest BCUT2D eigenvalue weighted by Crippen LogP contribution is -2.43. The molecule has 2 aliphatic rings. The SMILES string of the molecule is O=C(C1CC1)N(CCc1nc(-c2ccc(Cl)cc2)no1)C1CCCCC1. The quantitative estimate of drug-likeness (QED) is 0.747. The Labute approximate surface area is 158 Å². The summed E-state index contributed by atoms with van der Waals surface area (Å²) in [6.45, 7) is 0.669. The molecule has 5 nitrogen and oxygen atoms in total. The van der Waals surface area contributed by atoms with Crippen LogP contribution in [0.5, 0.6) is 0 Å². The van der Waals surface area contributed by atoms with Crippen molar-refractivity contribution in [3.8, 4) is 11.4 Å². The topological polar surface area (TPSA) is 59.2 Å². The Balaban J connectivity index is 1.42. The monoisotopic (exact) mass is 373 g/mol. The summed E-state index contributed by atoms with van der Waals surface area (Å²) in [5.74, 6) is 1.73. The average molecular weight is 374 g/mol. The lowest BCUT2D eigenvalue weighted by atomic mass is 9.93. The molecule has 1 amide bonds. The van der Waals surface area contributed by atoms with E-state index in [1.165, 1.54) is 19.3 Å². The highest BCUT2D eigenvalue weighted by atomic mass is 35.5. The van der Waals surface area contributed by atoms with Crippen molar-refractivity contribution in [3.63, 3.8) is 0 Å². The van der Waals surface area contributed by atoms with Crippen LogP contribution in [0.1, 0.15) is 50.8 Å². The average Bonchev–Trinajstić information content (AvgIpc) is 3.42. The van der Waals surface area contributed by atoms with E-state index < -0.39 is 0 Å². The first-order valence-electron chi connectivity index (χ1n) is 9.60. The number of hydrogen-bond donors (Lipinski definition) is 0. The predicted octanol–water partition coefficient (Wildman–Crippen LogP) is 4.50. The number of hydrogen-bond acceptors (Lipinski definition) is 4. The molecule has 1 aromatic heterocycles. The van der Waals surface area contributed by atoms with E-state index in [1.54, 1.807) is 0 Å². The van der Waals surface area contributed by atoms with E-state index in [4.69, 9.17) is 16.1 Å². The van der Waals surface area contributed by atoms with Crippen LogP contribution in [0.2, 0.25) is 5.02 Å². The highest BCUT2D eigenvalue weighted by Crippen LogP contribution is 2.34. The Kier molecular flexibility index (Phi) is 5.25. The number of amides is 1. The number of rotatable bonds is 6. The van der Waals surface area contributed by atoms with E-state index in [2.05, 4.69) is 15.0 Å². The Hall–Kier alpha value is -1.88. The lowest BCUT2D eigenvalue weighted by molar-refractivity contribution is -0.135. The second-order valence-electron chi connectivity index (χ2n) is 7.37. The third-order valence-electron chi connectivity index (χ3n) is 5.36. The largest absolute Gasteiger partial charge is 0.339 e. The summed E-state index contributed by atoms with van der Waals surface area (Å²) < 4.78 is 5.41. The van der Waals surface area contributed by atoms with Gasteiger partial charge >= 0.3 is 0 Å². The lowest BCUT2D eigenvalue weighted by Gasteiger charge is -2.34. The number of nitrogens with zero attached hydrogens (tertiary/aromatic N) is 3. The van der Waals surface area contributed by atoms with Crippen molar-refractivity contribution >= 4 is 17.5 Å². The molecular weight excluding hydrogens is 350 g/mol. The van der Waals surface area contributed by atoms with Crippen LogP contribution in [-0.4, -0.2) is 33.5 Å². The minimum Gasteiger partial charge on any atom is -0.339 e. The third-order valence-corrected chi connectivity index (χ3v) is 5.61. The molecule has 0 N–H and O–H groups in total. The van der Waals surface area contributed by atoms with Gasteiger partial charge in [0.25, 0.3) is 0 Å². The summed E-state index contributed by atoms with van der Waals surface area (Å²) in [4.78, 5) is 19.3. The van der Waals surface area contributed by atoms with E-state index in [0.29, 0.717) is 41.7 Å². The van der Waals surface area contributed by atoms with Gasteiger partial charge in [-0.2, -0.15) is 4.98 Å². The van der Waals surface area contributed by atoms with Gasteiger partial charge in [-0.05, 0) is 49.9 Å². The predicted molar refractivity (Wildman–Crippen MR) is 99.8 cm³/mol. The van der Waals surface area contributed by atoms with Crippen molar-refractivity contribution < 1.29 is 9.32 Å². The molecule has 0 aliphatic heterocycles. The van der Waals surface area contributed by atoms with Crippen molar-refractivity contribution in [1.29, 1.82) is 0 Å². The Morgan fingerprint density at radius 1 is 1.12 bits per heavy atom. The number of benzene rings is 1. The van der Waals surface area contributed by atoms with Gasteiger partial charge in [-0.1, -0.05) is 36.0 Å². The minimum absolute atomic E-state index is 0.254. The molecule has 26 heavy (non-hydrogen) atoms. The summed E-state index contributed by atoms with van der Waals surface area (Å²) in [5, 5.41) is 4.75. The first-order valence-corrected chi connectivity index (χ1v) is 9.97. The van der Waals surface area contributed by atoms with Gasteiger partial charge in [0.05, 0.1) is 0 Å². The maximum atomic E-state index is 12.7. The third kappa shape index (κ3) is 4.09. The molecule has 1 aromatic carbocycles. The van der Waals surface area contributed by atoms with Crippen LogP contribution in [-0.2, 0) is 11.2 Å². The first-order chi connectivity index (χ1) is 12.7. The second kappa shape index (κ2) is 7.78. The van der Waals surface area contributed by atoms with Crippen LogP contribution >= 0.6 is 11.6 Å². The van der Waals surface area contributed by atoms with E-state index in [-0.39, 0.29) is 5.92 Å². The van der Waals surface area contributed by atoms with Crippen molar-refractivity contribution in [2.45, 2.75) is 57.4 Å².